The number of aliphatic hydroxyl groups is 2. The molecule has 0 spiro atoms. The molecule has 8 heteroatoms. The summed E-state index contributed by atoms with van der Waals surface area (Å²) < 4.78 is 0. The van der Waals surface area contributed by atoms with E-state index in [9.17, 15) is 15.0 Å². The van der Waals surface area contributed by atoms with Crippen molar-refractivity contribution in [2.75, 3.05) is 5.73 Å². The standard InChI is InChI=1S/C34H35N5O3/c35-33-27-18-26(16-17-28(27)36-37-33)22-39-30(20-24-12-6-2-7-13-24)32(41)31(40)29(19-23-10-4-1-5-11-23)38(34(39)42)21-25-14-8-3-9-15-25/h1-18,29-32,40-41H,19-22H2,(H3,35,36,37)/t29-,30-,31?,32?/m1/s1. The summed E-state index contributed by atoms with van der Waals surface area (Å²) >= 11 is 0. The summed E-state index contributed by atoms with van der Waals surface area (Å²) in [4.78, 5) is 18.2. The number of nitrogens with zero attached hydrogens (tertiary/aromatic N) is 3. The Balaban J connectivity index is 1.43. The number of hydrogen-bond donors (Lipinski definition) is 4. The Labute approximate surface area is 245 Å². The SMILES string of the molecule is Nc1n[nH]c2ccc(CN3C(=O)N(Cc4ccccc4)[C@H](Cc4ccccc4)C(O)C(O)[C@H]3Cc3ccccc3)cc12. The Morgan fingerprint density at radius 3 is 1.67 bits per heavy atom. The Kier molecular flexibility index (Phi) is 7.90. The molecule has 214 valence electrons. The number of nitrogens with one attached hydrogen (secondary N) is 1. The van der Waals surface area contributed by atoms with Crippen LogP contribution in [0.4, 0.5) is 10.6 Å². The predicted octanol–water partition coefficient (Wildman–Crippen LogP) is 4.53. The van der Waals surface area contributed by atoms with Crippen LogP contribution in [0, 0.1) is 0 Å². The van der Waals surface area contributed by atoms with Gasteiger partial charge in [0.1, 0.15) is 12.2 Å². The first-order valence-electron chi connectivity index (χ1n) is 14.3. The number of carbonyl (C=O) groups is 1. The maximum Gasteiger partial charge on any atom is 0.321 e. The van der Waals surface area contributed by atoms with E-state index in [-0.39, 0.29) is 12.6 Å². The van der Waals surface area contributed by atoms with Gasteiger partial charge in [-0.25, -0.2) is 4.79 Å². The number of aliphatic hydroxyl groups excluding tert-OH is 2. The molecule has 0 radical (unpaired) electrons. The zero-order valence-electron chi connectivity index (χ0n) is 23.3. The smallest absolute Gasteiger partial charge is 0.321 e. The molecule has 42 heavy (non-hydrogen) atoms. The van der Waals surface area contributed by atoms with Gasteiger partial charge >= 0.3 is 6.03 Å². The van der Waals surface area contributed by atoms with Gasteiger partial charge in [0.2, 0.25) is 0 Å². The molecule has 1 saturated heterocycles. The first-order chi connectivity index (χ1) is 20.5. The van der Waals surface area contributed by atoms with Crippen LogP contribution in [0.1, 0.15) is 22.3 Å². The number of nitrogen functional groups attached to an aromatic ring is 1. The fraction of sp³-hybridized carbons (Fsp3) is 0.235. The number of anilines is 1. The van der Waals surface area contributed by atoms with Crippen molar-refractivity contribution in [3.8, 4) is 0 Å². The third-order valence-corrected chi connectivity index (χ3v) is 8.21. The number of rotatable bonds is 8. The van der Waals surface area contributed by atoms with Crippen LogP contribution < -0.4 is 5.73 Å². The molecule has 1 aromatic heterocycles. The third kappa shape index (κ3) is 5.72. The second kappa shape index (κ2) is 12.1. The van der Waals surface area contributed by atoms with Gasteiger partial charge in [0.25, 0.3) is 0 Å². The summed E-state index contributed by atoms with van der Waals surface area (Å²) in [5, 5.41) is 31.5. The fourth-order valence-corrected chi connectivity index (χ4v) is 5.97. The maximum atomic E-state index is 14.7. The van der Waals surface area contributed by atoms with Crippen LogP contribution in [0.3, 0.4) is 0 Å². The minimum Gasteiger partial charge on any atom is -0.388 e. The molecule has 0 bridgehead atoms. The van der Waals surface area contributed by atoms with Crippen LogP contribution in [-0.4, -0.2) is 60.5 Å². The van der Waals surface area contributed by atoms with Gasteiger partial charge in [0.15, 0.2) is 5.82 Å². The fourth-order valence-electron chi connectivity index (χ4n) is 5.97. The summed E-state index contributed by atoms with van der Waals surface area (Å²) in [7, 11) is 0. The van der Waals surface area contributed by atoms with Crippen molar-refractivity contribution in [1.82, 2.24) is 20.0 Å². The highest BCUT2D eigenvalue weighted by molar-refractivity contribution is 5.89. The molecular weight excluding hydrogens is 526 g/mol. The summed E-state index contributed by atoms with van der Waals surface area (Å²) in [5.74, 6) is 0.388. The molecule has 1 fully saturated rings. The zero-order valence-corrected chi connectivity index (χ0v) is 23.3. The minimum atomic E-state index is -1.19. The average molecular weight is 562 g/mol. The first kappa shape index (κ1) is 27.5. The van der Waals surface area contributed by atoms with Crippen LogP contribution >= 0.6 is 0 Å². The molecule has 2 heterocycles. The normalized spacial score (nSPS) is 21.0. The number of benzene rings is 4. The van der Waals surface area contributed by atoms with Crippen LogP contribution in [0.5, 0.6) is 0 Å². The predicted molar refractivity (Wildman–Crippen MR) is 163 cm³/mol. The Morgan fingerprint density at radius 1 is 0.667 bits per heavy atom. The van der Waals surface area contributed by atoms with E-state index < -0.39 is 24.3 Å². The van der Waals surface area contributed by atoms with Gasteiger partial charge in [0, 0.05) is 18.5 Å². The van der Waals surface area contributed by atoms with Gasteiger partial charge in [-0.15, -0.1) is 0 Å². The van der Waals surface area contributed by atoms with E-state index in [0.717, 1.165) is 33.2 Å². The zero-order chi connectivity index (χ0) is 29.1. The number of aromatic amines is 1. The lowest BCUT2D eigenvalue weighted by molar-refractivity contribution is -0.0408. The maximum absolute atomic E-state index is 14.7. The summed E-state index contributed by atoms with van der Waals surface area (Å²) in [6, 6.07) is 33.5. The number of aromatic nitrogens is 2. The van der Waals surface area contributed by atoms with E-state index >= 15 is 0 Å². The number of fused-ring (bicyclic) bond motifs is 1. The molecule has 2 unspecified atom stereocenters. The lowest BCUT2D eigenvalue weighted by Gasteiger charge is -2.36. The van der Waals surface area contributed by atoms with Gasteiger partial charge in [-0.1, -0.05) is 97.1 Å². The number of urea groups is 1. The number of carbonyl (C=O) groups excluding carboxylic acids is 1. The summed E-state index contributed by atoms with van der Waals surface area (Å²) in [6.45, 7) is 0.521. The molecule has 5 N–H and O–H groups in total. The Hall–Kier alpha value is -4.66. The highest BCUT2D eigenvalue weighted by Crippen LogP contribution is 2.30. The van der Waals surface area contributed by atoms with Crippen LogP contribution in [0.2, 0.25) is 0 Å². The second-order valence-corrected chi connectivity index (χ2v) is 11.0. The monoisotopic (exact) mass is 561 g/mol. The topological polar surface area (TPSA) is 119 Å². The molecule has 4 aromatic carbocycles. The second-order valence-electron chi connectivity index (χ2n) is 11.0. The van der Waals surface area contributed by atoms with Crippen molar-refractivity contribution in [2.45, 2.75) is 50.2 Å². The summed E-state index contributed by atoms with van der Waals surface area (Å²) in [6.07, 6.45) is -1.57. The highest BCUT2D eigenvalue weighted by Gasteiger charge is 2.46. The largest absolute Gasteiger partial charge is 0.388 e. The van der Waals surface area contributed by atoms with Gasteiger partial charge in [0.05, 0.1) is 17.6 Å². The number of nitrogens with two attached hydrogens (primary N) is 1. The van der Waals surface area contributed by atoms with Gasteiger partial charge in [-0.3, -0.25) is 5.10 Å². The van der Waals surface area contributed by atoms with Crippen molar-refractivity contribution < 1.29 is 15.0 Å². The van der Waals surface area contributed by atoms with E-state index in [4.69, 9.17) is 5.73 Å². The van der Waals surface area contributed by atoms with E-state index in [1.165, 1.54) is 0 Å². The first-order valence-corrected chi connectivity index (χ1v) is 14.3. The van der Waals surface area contributed by atoms with E-state index in [1.54, 1.807) is 9.80 Å². The molecular formula is C34H35N5O3. The van der Waals surface area contributed by atoms with E-state index in [1.807, 2.05) is 109 Å². The minimum absolute atomic E-state index is 0.226. The molecule has 1 aliphatic heterocycles. The van der Waals surface area contributed by atoms with Crippen LogP contribution in [0.25, 0.3) is 10.9 Å². The Bertz CT molecular complexity index is 1630. The van der Waals surface area contributed by atoms with E-state index in [2.05, 4.69) is 10.2 Å². The van der Waals surface area contributed by atoms with Crippen molar-refractivity contribution >= 4 is 22.8 Å². The number of H-pyrrole nitrogens is 1. The lowest BCUT2D eigenvalue weighted by Crippen LogP contribution is -2.50. The molecule has 4 atom stereocenters. The van der Waals surface area contributed by atoms with Crippen LogP contribution in [0.15, 0.2) is 109 Å². The highest BCUT2D eigenvalue weighted by atomic mass is 16.3. The Morgan fingerprint density at radius 2 is 1.14 bits per heavy atom. The quantitative estimate of drug-likeness (QED) is 0.222. The summed E-state index contributed by atoms with van der Waals surface area (Å²) in [5.41, 5.74) is 10.6. The molecule has 5 aromatic rings. The molecule has 8 nitrogen and oxygen atoms in total. The van der Waals surface area contributed by atoms with Gasteiger partial charge in [-0.2, -0.15) is 5.10 Å². The van der Waals surface area contributed by atoms with Gasteiger partial charge < -0.3 is 25.7 Å². The van der Waals surface area contributed by atoms with E-state index in [0.29, 0.717) is 25.2 Å². The van der Waals surface area contributed by atoms with Crippen molar-refractivity contribution in [2.24, 2.45) is 0 Å². The molecule has 0 saturated carbocycles. The third-order valence-electron chi connectivity index (χ3n) is 8.21. The number of amides is 2. The van der Waals surface area contributed by atoms with Crippen LogP contribution in [-0.2, 0) is 25.9 Å². The van der Waals surface area contributed by atoms with Crippen molar-refractivity contribution in [3.05, 3.63) is 131 Å². The van der Waals surface area contributed by atoms with Crippen molar-refractivity contribution in [3.63, 3.8) is 0 Å². The molecule has 0 aliphatic carbocycles. The average Bonchev–Trinajstić information content (AvgIpc) is 3.38. The molecule has 2 amide bonds. The van der Waals surface area contributed by atoms with Gasteiger partial charge in [-0.05, 0) is 47.2 Å². The molecule has 6 rings (SSSR count). The van der Waals surface area contributed by atoms with Crippen molar-refractivity contribution in [1.29, 1.82) is 0 Å². The number of hydrogen-bond acceptors (Lipinski definition) is 5. The lowest BCUT2D eigenvalue weighted by atomic mass is 9.91. The molecule has 1 aliphatic rings.